The van der Waals surface area contributed by atoms with E-state index in [0.29, 0.717) is 18.9 Å². The topological polar surface area (TPSA) is 61.4 Å². The summed E-state index contributed by atoms with van der Waals surface area (Å²) in [5, 5.41) is 15.2. The molecule has 0 radical (unpaired) electrons. The molecule has 2 rings (SSSR count). The number of anilines is 1. The summed E-state index contributed by atoms with van der Waals surface area (Å²) < 4.78 is 0. The van der Waals surface area contributed by atoms with Crippen molar-refractivity contribution in [1.82, 2.24) is 5.32 Å². The maximum atomic E-state index is 11.9. The number of amides is 1. The summed E-state index contributed by atoms with van der Waals surface area (Å²) in [6.45, 7) is 4.76. The summed E-state index contributed by atoms with van der Waals surface area (Å²) in [5.74, 6) is 0.408. The van der Waals surface area contributed by atoms with E-state index in [4.69, 9.17) is 0 Å². The molecule has 1 fully saturated rings. The van der Waals surface area contributed by atoms with Gasteiger partial charge in [-0.15, -0.1) is 0 Å². The zero-order valence-electron chi connectivity index (χ0n) is 10.8. The molecule has 0 bridgehead atoms. The second-order valence-electron chi connectivity index (χ2n) is 5.12. The second kappa shape index (κ2) is 5.50. The number of carbonyl (C=O) groups is 1. The van der Waals surface area contributed by atoms with Crippen LogP contribution in [0.1, 0.15) is 31.7 Å². The molecule has 1 saturated heterocycles. The molecule has 4 nitrogen and oxygen atoms in total. The Balaban J connectivity index is 1.95. The third kappa shape index (κ3) is 3.09. The molecule has 0 aliphatic carbocycles. The first-order valence-electron chi connectivity index (χ1n) is 6.38. The van der Waals surface area contributed by atoms with E-state index < -0.39 is 6.10 Å². The first kappa shape index (κ1) is 13.1. The minimum atomic E-state index is -0.413. The van der Waals surface area contributed by atoms with Crippen LogP contribution in [0.4, 0.5) is 5.69 Å². The van der Waals surface area contributed by atoms with Crippen molar-refractivity contribution in [2.45, 2.75) is 38.3 Å². The molecule has 0 aromatic heterocycles. The van der Waals surface area contributed by atoms with Crippen molar-refractivity contribution in [3.05, 3.63) is 29.8 Å². The number of nitrogens with one attached hydrogen (secondary N) is 2. The number of aliphatic hydroxyl groups is 1. The summed E-state index contributed by atoms with van der Waals surface area (Å²) in [6, 6.07) is 7.59. The van der Waals surface area contributed by atoms with Crippen molar-refractivity contribution in [2.75, 3.05) is 11.9 Å². The standard InChI is InChI=1S/C14H20N2O2/c1-9(2)10-3-5-11(6-4-10)16-14(18)13-7-12(17)8-15-13/h3-6,9,12-13,15,17H,7-8H2,1-2H3,(H,16,18). The predicted octanol–water partition coefficient (Wildman–Crippen LogP) is 1.47. The first-order valence-corrected chi connectivity index (χ1v) is 6.38. The van der Waals surface area contributed by atoms with Crippen LogP contribution >= 0.6 is 0 Å². The van der Waals surface area contributed by atoms with Gasteiger partial charge in [-0.25, -0.2) is 0 Å². The first-order chi connectivity index (χ1) is 8.56. The van der Waals surface area contributed by atoms with Gasteiger partial charge >= 0.3 is 0 Å². The normalized spacial score (nSPS) is 23.3. The molecule has 2 atom stereocenters. The lowest BCUT2D eigenvalue weighted by Crippen LogP contribution is -2.35. The molecule has 4 heteroatoms. The van der Waals surface area contributed by atoms with E-state index in [-0.39, 0.29) is 11.9 Å². The van der Waals surface area contributed by atoms with E-state index in [9.17, 15) is 9.90 Å². The smallest absolute Gasteiger partial charge is 0.241 e. The van der Waals surface area contributed by atoms with Gasteiger partial charge in [0.1, 0.15) is 0 Å². The molecule has 1 aliphatic rings. The SMILES string of the molecule is CC(C)c1ccc(NC(=O)C2CC(O)CN2)cc1. The molecule has 0 saturated carbocycles. The molecule has 18 heavy (non-hydrogen) atoms. The Hall–Kier alpha value is -1.39. The summed E-state index contributed by atoms with van der Waals surface area (Å²) >= 11 is 0. The minimum Gasteiger partial charge on any atom is -0.392 e. The van der Waals surface area contributed by atoms with E-state index >= 15 is 0 Å². The number of rotatable bonds is 3. The van der Waals surface area contributed by atoms with Crippen molar-refractivity contribution < 1.29 is 9.90 Å². The Morgan fingerprint density at radius 2 is 2.06 bits per heavy atom. The number of β-amino-alcohol motifs (C(OH)–C–C–N with tert-alkyl or cyclic N) is 1. The van der Waals surface area contributed by atoms with E-state index in [0.717, 1.165) is 5.69 Å². The third-order valence-corrected chi connectivity index (χ3v) is 3.27. The average Bonchev–Trinajstić information content (AvgIpc) is 2.76. The zero-order chi connectivity index (χ0) is 13.1. The van der Waals surface area contributed by atoms with Crippen molar-refractivity contribution in [1.29, 1.82) is 0 Å². The second-order valence-corrected chi connectivity index (χ2v) is 5.12. The van der Waals surface area contributed by atoms with Crippen molar-refractivity contribution >= 4 is 11.6 Å². The molecule has 2 unspecified atom stereocenters. The molecule has 1 aromatic carbocycles. The number of hydrogen-bond donors (Lipinski definition) is 3. The highest BCUT2D eigenvalue weighted by Crippen LogP contribution is 2.17. The summed E-state index contributed by atoms with van der Waals surface area (Å²) in [6.07, 6.45) is 0.0692. The van der Waals surface area contributed by atoms with Crippen LogP contribution in [0.3, 0.4) is 0 Å². The monoisotopic (exact) mass is 248 g/mol. The fraction of sp³-hybridized carbons (Fsp3) is 0.500. The predicted molar refractivity (Wildman–Crippen MR) is 71.6 cm³/mol. The van der Waals surface area contributed by atoms with Gasteiger partial charge in [0.15, 0.2) is 0 Å². The van der Waals surface area contributed by atoms with Crippen LogP contribution in [0.15, 0.2) is 24.3 Å². The molecule has 98 valence electrons. The number of aliphatic hydroxyl groups excluding tert-OH is 1. The molecule has 1 aromatic rings. The van der Waals surface area contributed by atoms with Gasteiger partial charge in [0.25, 0.3) is 0 Å². The van der Waals surface area contributed by atoms with Gasteiger partial charge in [0.05, 0.1) is 12.1 Å². The van der Waals surface area contributed by atoms with E-state index in [1.165, 1.54) is 5.56 Å². The fourth-order valence-electron chi connectivity index (χ4n) is 2.10. The number of hydrogen-bond acceptors (Lipinski definition) is 3. The highest BCUT2D eigenvalue weighted by Gasteiger charge is 2.27. The zero-order valence-corrected chi connectivity index (χ0v) is 10.8. The van der Waals surface area contributed by atoms with Crippen LogP contribution in [-0.2, 0) is 4.79 Å². The average molecular weight is 248 g/mol. The van der Waals surface area contributed by atoms with Crippen LogP contribution < -0.4 is 10.6 Å². The van der Waals surface area contributed by atoms with E-state index in [2.05, 4.69) is 24.5 Å². The summed E-state index contributed by atoms with van der Waals surface area (Å²) in [5.41, 5.74) is 2.05. The molecule has 0 spiro atoms. The molecule has 1 amide bonds. The van der Waals surface area contributed by atoms with E-state index in [1.807, 2.05) is 24.3 Å². The summed E-state index contributed by atoms with van der Waals surface area (Å²) in [7, 11) is 0. The Morgan fingerprint density at radius 1 is 1.39 bits per heavy atom. The molecule has 1 aliphatic heterocycles. The van der Waals surface area contributed by atoms with Crippen LogP contribution in [0.25, 0.3) is 0 Å². The Labute approximate surface area is 107 Å². The largest absolute Gasteiger partial charge is 0.392 e. The van der Waals surface area contributed by atoms with Crippen LogP contribution in [0, 0.1) is 0 Å². The van der Waals surface area contributed by atoms with Crippen molar-refractivity contribution in [3.8, 4) is 0 Å². The number of benzene rings is 1. The fourth-order valence-corrected chi connectivity index (χ4v) is 2.10. The molecule has 1 heterocycles. The maximum Gasteiger partial charge on any atom is 0.241 e. The number of carbonyl (C=O) groups excluding carboxylic acids is 1. The van der Waals surface area contributed by atoms with Gasteiger partial charge in [0, 0.05) is 12.2 Å². The van der Waals surface area contributed by atoms with Gasteiger partial charge in [-0.1, -0.05) is 26.0 Å². The van der Waals surface area contributed by atoms with Crippen LogP contribution in [0.2, 0.25) is 0 Å². The van der Waals surface area contributed by atoms with Gasteiger partial charge < -0.3 is 15.7 Å². The van der Waals surface area contributed by atoms with Crippen molar-refractivity contribution in [2.24, 2.45) is 0 Å². The Kier molecular flexibility index (Phi) is 3.99. The van der Waals surface area contributed by atoms with Gasteiger partial charge in [-0.05, 0) is 30.0 Å². The lowest BCUT2D eigenvalue weighted by Gasteiger charge is -2.12. The third-order valence-electron chi connectivity index (χ3n) is 3.27. The van der Waals surface area contributed by atoms with Gasteiger partial charge in [-0.2, -0.15) is 0 Å². The minimum absolute atomic E-state index is 0.0798. The maximum absolute atomic E-state index is 11.9. The van der Waals surface area contributed by atoms with Gasteiger partial charge in [0.2, 0.25) is 5.91 Å². The van der Waals surface area contributed by atoms with Crippen molar-refractivity contribution in [3.63, 3.8) is 0 Å². The van der Waals surface area contributed by atoms with Crippen LogP contribution in [-0.4, -0.2) is 29.7 Å². The highest BCUT2D eigenvalue weighted by atomic mass is 16.3. The van der Waals surface area contributed by atoms with Gasteiger partial charge in [-0.3, -0.25) is 4.79 Å². The Morgan fingerprint density at radius 3 is 2.56 bits per heavy atom. The van der Waals surface area contributed by atoms with E-state index in [1.54, 1.807) is 0 Å². The van der Waals surface area contributed by atoms with Crippen LogP contribution in [0.5, 0.6) is 0 Å². The molecular formula is C14H20N2O2. The lowest BCUT2D eigenvalue weighted by atomic mass is 10.0. The lowest BCUT2D eigenvalue weighted by molar-refractivity contribution is -0.117. The molecule has 3 N–H and O–H groups in total. The Bertz CT molecular complexity index is 414. The summed E-state index contributed by atoms with van der Waals surface area (Å²) in [4.78, 5) is 11.9. The highest BCUT2D eigenvalue weighted by molar-refractivity contribution is 5.95. The molecular weight excluding hydrogens is 228 g/mol. The quantitative estimate of drug-likeness (QED) is 0.759.